The summed E-state index contributed by atoms with van der Waals surface area (Å²) >= 11 is 3.45. The van der Waals surface area contributed by atoms with E-state index in [1.54, 1.807) is 0 Å². The van der Waals surface area contributed by atoms with Crippen molar-refractivity contribution in [2.45, 2.75) is 37.8 Å². The Morgan fingerprint density at radius 2 is 2.20 bits per heavy atom. The van der Waals surface area contributed by atoms with Crippen LogP contribution in [0.4, 0.5) is 0 Å². The molecule has 3 rings (SSSR count). The van der Waals surface area contributed by atoms with Crippen LogP contribution < -0.4 is 0 Å². The SMILES string of the molecule is O=C(CCN1CCOC2CCCC21)c1ccccc1Br. The largest absolute Gasteiger partial charge is 0.375 e. The number of nitrogens with zero attached hydrogens (tertiary/aromatic N) is 1. The van der Waals surface area contributed by atoms with Gasteiger partial charge in [0.25, 0.3) is 0 Å². The highest BCUT2D eigenvalue weighted by Crippen LogP contribution is 2.29. The van der Waals surface area contributed by atoms with E-state index < -0.39 is 0 Å². The molecule has 2 aliphatic rings. The van der Waals surface area contributed by atoms with Gasteiger partial charge in [0.1, 0.15) is 0 Å². The molecular weight excluding hydrogens is 318 g/mol. The minimum Gasteiger partial charge on any atom is -0.375 e. The van der Waals surface area contributed by atoms with E-state index in [0.29, 0.717) is 18.6 Å². The van der Waals surface area contributed by atoms with Crippen LogP contribution in [-0.4, -0.2) is 42.5 Å². The van der Waals surface area contributed by atoms with Gasteiger partial charge in [-0.15, -0.1) is 0 Å². The van der Waals surface area contributed by atoms with E-state index in [1.165, 1.54) is 19.3 Å². The number of rotatable bonds is 4. The molecule has 1 saturated carbocycles. The Morgan fingerprint density at radius 3 is 3.05 bits per heavy atom. The van der Waals surface area contributed by atoms with Crippen LogP contribution in [0.25, 0.3) is 0 Å². The number of benzene rings is 1. The van der Waals surface area contributed by atoms with E-state index in [9.17, 15) is 4.79 Å². The van der Waals surface area contributed by atoms with Crippen LogP contribution in [0.1, 0.15) is 36.0 Å². The topological polar surface area (TPSA) is 29.5 Å². The van der Waals surface area contributed by atoms with Gasteiger partial charge in [-0.25, -0.2) is 0 Å². The second kappa shape index (κ2) is 6.37. The normalized spacial score (nSPS) is 26.4. The fourth-order valence-electron chi connectivity index (χ4n) is 3.35. The van der Waals surface area contributed by atoms with Crippen LogP contribution in [0.15, 0.2) is 28.7 Å². The third-order valence-corrected chi connectivity index (χ3v) is 5.09. The third kappa shape index (κ3) is 2.97. The molecule has 2 fully saturated rings. The minimum atomic E-state index is 0.221. The van der Waals surface area contributed by atoms with Crippen LogP contribution in [0.3, 0.4) is 0 Å². The molecule has 4 heteroatoms. The number of carbonyl (C=O) groups excluding carboxylic acids is 1. The number of carbonyl (C=O) groups is 1. The van der Waals surface area contributed by atoms with Crippen molar-refractivity contribution in [2.24, 2.45) is 0 Å². The lowest BCUT2D eigenvalue weighted by atomic mass is 10.1. The van der Waals surface area contributed by atoms with Crippen LogP contribution in [0.5, 0.6) is 0 Å². The van der Waals surface area contributed by atoms with Gasteiger partial charge >= 0.3 is 0 Å². The molecule has 108 valence electrons. The summed E-state index contributed by atoms with van der Waals surface area (Å²) in [6.07, 6.45) is 4.64. The molecular formula is C16H20BrNO2. The Hall–Kier alpha value is -0.710. The Labute approximate surface area is 128 Å². The van der Waals surface area contributed by atoms with Crippen molar-refractivity contribution < 1.29 is 9.53 Å². The summed E-state index contributed by atoms with van der Waals surface area (Å²) in [5.74, 6) is 0.221. The van der Waals surface area contributed by atoms with Gasteiger partial charge in [0.05, 0.1) is 12.7 Å². The van der Waals surface area contributed by atoms with Crippen LogP contribution in [0, 0.1) is 0 Å². The summed E-state index contributed by atoms with van der Waals surface area (Å²) in [5.41, 5.74) is 0.795. The zero-order valence-corrected chi connectivity index (χ0v) is 13.1. The number of halogens is 1. The predicted molar refractivity (Wildman–Crippen MR) is 82.0 cm³/mol. The molecule has 0 bridgehead atoms. The van der Waals surface area contributed by atoms with E-state index in [2.05, 4.69) is 20.8 Å². The summed E-state index contributed by atoms with van der Waals surface area (Å²) in [6, 6.07) is 8.21. The molecule has 20 heavy (non-hydrogen) atoms. The molecule has 0 radical (unpaired) electrons. The summed E-state index contributed by atoms with van der Waals surface area (Å²) in [7, 11) is 0. The van der Waals surface area contributed by atoms with Crippen LogP contribution >= 0.6 is 15.9 Å². The molecule has 0 spiro atoms. The lowest BCUT2D eigenvalue weighted by Crippen LogP contribution is -2.49. The first-order chi connectivity index (χ1) is 9.75. The molecule has 0 amide bonds. The number of hydrogen-bond acceptors (Lipinski definition) is 3. The lowest BCUT2D eigenvalue weighted by Gasteiger charge is -2.37. The van der Waals surface area contributed by atoms with E-state index in [4.69, 9.17) is 4.74 Å². The maximum Gasteiger partial charge on any atom is 0.165 e. The second-order valence-electron chi connectivity index (χ2n) is 5.60. The molecule has 1 heterocycles. The maximum absolute atomic E-state index is 12.3. The van der Waals surface area contributed by atoms with Crippen molar-refractivity contribution in [3.05, 3.63) is 34.3 Å². The summed E-state index contributed by atoms with van der Waals surface area (Å²) < 4.78 is 6.70. The van der Waals surface area contributed by atoms with Crippen molar-refractivity contribution >= 4 is 21.7 Å². The third-order valence-electron chi connectivity index (χ3n) is 4.40. The first kappa shape index (κ1) is 14.2. The highest BCUT2D eigenvalue weighted by Gasteiger charge is 2.35. The summed E-state index contributed by atoms with van der Waals surface area (Å²) in [5, 5.41) is 0. The summed E-state index contributed by atoms with van der Waals surface area (Å²) in [6.45, 7) is 2.62. The van der Waals surface area contributed by atoms with E-state index >= 15 is 0 Å². The highest BCUT2D eigenvalue weighted by atomic mass is 79.9. The van der Waals surface area contributed by atoms with Gasteiger partial charge in [-0.3, -0.25) is 9.69 Å². The molecule has 0 N–H and O–H groups in total. The van der Waals surface area contributed by atoms with Crippen molar-refractivity contribution in [1.29, 1.82) is 0 Å². The number of morpholine rings is 1. The monoisotopic (exact) mass is 337 g/mol. The number of Topliss-reactive ketones (excluding diaryl/α,β-unsaturated/α-hetero) is 1. The van der Waals surface area contributed by atoms with Gasteiger partial charge < -0.3 is 4.74 Å². The highest BCUT2D eigenvalue weighted by molar-refractivity contribution is 9.10. The molecule has 1 aliphatic carbocycles. The van der Waals surface area contributed by atoms with Gasteiger partial charge in [-0.1, -0.05) is 34.1 Å². The smallest absolute Gasteiger partial charge is 0.165 e. The number of ether oxygens (including phenoxy) is 1. The molecule has 2 unspecified atom stereocenters. The Bertz CT molecular complexity index is 491. The standard InChI is InChI=1S/C16H20BrNO2/c17-13-5-2-1-4-12(13)15(19)8-9-18-10-11-20-16-7-3-6-14(16)18/h1-2,4-5,14,16H,3,6-11H2. The predicted octanol–water partition coefficient (Wildman–Crippen LogP) is 3.28. The Kier molecular flexibility index (Phi) is 4.54. The zero-order chi connectivity index (χ0) is 13.9. The maximum atomic E-state index is 12.3. The fourth-order valence-corrected chi connectivity index (χ4v) is 3.86. The molecule has 1 aliphatic heterocycles. The minimum absolute atomic E-state index is 0.221. The second-order valence-corrected chi connectivity index (χ2v) is 6.45. The van der Waals surface area contributed by atoms with Crippen LogP contribution in [-0.2, 0) is 4.74 Å². The van der Waals surface area contributed by atoms with Gasteiger partial charge in [0.15, 0.2) is 5.78 Å². The Morgan fingerprint density at radius 1 is 1.35 bits per heavy atom. The average molecular weight is 338 g/mol. The van der Waals surface area contributed by atoms with E-state index in [0.717, 1.165) is 29.7 Å². The molecule has 0 aromatic heterocycles. The molecule has 3 nitrogen and oxygen atoms in total. The molecule has 2 atom stereocenters. The van der Waals surface area contributed by atoms with Crippen molar-refractivity contribution in [2.75, 3.05) is 19.7 Å². The van der Waals surface area contributed by atoms with Gasteiger partial charge in [0.2, 0.25) is 0 Å². The first-order valence-corrected chi connectivity index (χ1v) is 8.18. The zero-order valence-electron chi connectivity index (χ0n) is 11.6. The number of ketones is 1. The van der Waals surface area contributed by atoms with E-state index in [1.807, 2.05) is 24.3 Å². The lowest BCUT2D eigenvalue weighted by molar-refractivity contribution is -0.0550. The average Bonchev–Trinajstić information content (AvgIpc) is 2.94. The van der Waals surface area contributed by atoms with Gasteiger partial charge in [-0.05, 0) is 25.3 Å². The fraction of sp³-hybridized carbons (Fsp3) is 0.562. The summed E-state index contributed by atoms with van der Waals surface area (Å²) in [4.78, 5) is 14.8. The number of fused-ring (bicyclic) bond motifs is 1. The molecule has 1 aromatic carbocycles. The van der Waals surface area contributed by atoms with Gasteiger partial charge in [-0.2, -0.15) is 0 Å². The van der Waals surface area contributed by atoms with E-state index in [-0.39, 0.29) is 5.78 Å². The van der Waals surface area contributed by atoms with Crippen molar-refractivity contribution in [3.63, 3.8) is 0 Å². The quantitative estimate of drug-likeness (QED) is 0.789. The first-order valence-electron chi connectivity index (χ1n) is 7.39. The van der Waals surface area contributed by atoms with Crippen molar-refractivity contribution in [1.82, 2.24) is 4.90 Å². The van der Waals surface area contributed by atoms with Crippen LogP contribution in [0.2, 0.25) is 0 Å². The molecule has 1 aromatic rings. The van der Waals surface area contributed by atoms with Crippen molar-refractivity contribution in [3.8, 4) is 0 Å². The van der Waals surface area contributed by atoms with Gasteiger partial charge in [0, 0.05) is 35.6 Å². The molecule has 1 saturated heterocycles. The Balaban J connectivity index is 1.59. The number of hydrogen-bond donors (Lipinski definition) is 0.